The Bertz CT molecular complexity index is 360. The molecule has 0 radical (unpaired) electrons. The van der Waals surface area contributed by atoms with Crippen LogP contribution in [0.2, 0.25) is 5.15 Å². The Labute approximate surface area is 99.4 Å². The average Bonchev–Trinajstić information content (AvgIpc) is 2.31. The zero-order valence-corrected chi connectivity index (χ0v) is 9.63. The number of nitrogens with zero attached hydrogens (tertiary/aromatic N) is 1. The van der Waals surface area contributed by atoms with Gasteiger partial charge in [-0.25, -0.2) is 4.98 Å². The van der Waals surface area contributed by atoms with Crippen LogP contribution in [-0.2, 0) is 0 Å². The van der Waals surface area contributed by atoms with Gasteiger partial charge in [-0.1, -0.05) is 11.6 Å². The van der Waals surface area contributed by atoms with E-state index >= 15 is 0 Å². The SMILES string of the molecule is O=C(NC1CCNCC1)c1ccc(Cl)nc1. The van der Waals surface area contributed by atoms with Gasteiger partial charge in [0.2, 0.25) is 0 Å². The van der Waals surface area contributed by atoms with E-state index < -0.39 is 0 Å². The molecule has 16 heavy (non-hydrogen) atoms. The second kappa shape index (κ2) is 5.27. The predicted molar refractivity (Wildman–Crippen MR) is 62.6 cm³/mol. The summed E-state index contributed by atoms with van der Waals surface area (Å²) in [4.78, 5) is 15.7. The minimum atomic E-state index is -0.0731. The summed E-state index contributed by atoms with van der Waals surface area (Å²) in [6.45, 7) is 1.92. The van der Waals surface area contributed by atoms with Gasteiger partial charge in [0, 0.05) is 12.2 Å². The van der Waals surface area contributed by atoms with Crippen LogP contribution in [0, 0.1) is 0 Å². The van der Waals surface area contributed by atoms with Crippen LogP contribution in [0.25, 0.3) is 0 Å². The Kier molecular flexibility index (Phi) is 3.74. The molecule has 0 atom stereocenters. The number of pyridine rings is 1. The van der Waals surface area contributed by atoms with Crippen molar-refractivity contribution in [1.82, 2.24) is 15.6 Å². The lowest BCUT2D eigenvalue weighted by atomic mass is 10.1. The molecule has 1 fully saturated rings. The van der Waals surface area contributed by atoms with Gasteiger partial charge in [-0.3, -0.25) is 4.79 Å². The molecule has 0 unspecified atom stereocenters. The summed E-state index contributed by atoms with van der Waals surface area (Å²) in [6, 6.07) is 3.58. The van der Waals surface area contributed by atoms with Gasteiger partial charge >= 0.3 is 0 Å². The smallest absolute Gasteiger partial charge is 0.253 e. The minimum Gasteiger partial charge on any atom is -0.349 e. The van der Waals surface area contributed by atoms with Crippen molar-refractivity contribution < 1.29 is 4.79 Å². The maximum atomic E-state index is 11.8. The average molecular weight is 240 g/mol. The first-order valence-electron chi connectivity index (χ1n) is 5.39. The summed E-state index contributed by atoms with van der Waals surface area (Å²) >= 11 is 5.66. The first-order valence-corrected chi connectivity index (χ1v) is 5.76. The Balaban J connectivity index is 1.94. The molecule has 0 aromatic carbocycles. The van der Waals surface area contributed by atoms with Crippen LogP contribution >= 0.6 is 11.6 Å². The largest absolute Gasteiger partial charge is 0.349 e. The monoisotopic (exact) mass is 239 g/mol. The Hall–Kier alpha value is -1.13. The van der Waals surface area contributed by atoms with Crippen LogP contribution in [0.4, 0.5) is 0 Å². The fraction of sp³-hybridized carbons (Fsp3) is 0.455. The van der Waals surface area contributed by atoms with E-state index in [1.165, 1.54) is 6.20 Å². The molecule has 0 spiro atoms. The number of carbonyl (C=O) groups excluding carboxylic acids is 1. The van der Waals surface area contributed by atoms with Crippen molar-refractivity contribution in [3.05, 3.63) is 29.0 Å². The Morgan fingerprint density at radius 2 is 2.19 bits per heavy atom. The van der Waals surface area contributed by atoms with Crippen LogP contribution < -0.4 is 10.6 Å². The fourth-order valence-electron chi connectivity index (χ4n) is 1.75. The quantitative estimate of drug-likeness (QED) is 0.763. The van der Waals surface area contributed by atoms with Gasteiger partial charge in [0.25, 0.3) is 5.91 Å². The third-order valence-electron chi connectivity index (χ3n) is 2.66. The van der Waals surface area contributed by atoms with E-state index in [-0.39, 0.29) is 11.9 Å². The van der Waals surface area contributed by atoms with Crippen LogP contribution in [0.5, 0.6) is 0 Å². The molecular weight excluding hydrogens is 226 g/mol. The molecule has 4 nitrogen and oxygen atoms in total. The summed E-state index contributed by atoms with van der Waals surface area (Å²) in [6.07, 6.45) is 3.46. The highest BCUT2D eigenvalue weighted by molar-refractivity contribution is 6.29. The van der Waals surface area contributed by atoms with Crippen molar-refractivity contribution in [2.45, 2.75) is 18.9 Å². The number of halogens is 1. The van der Waals surface area contributed by atoms with Crippen molar-refractivity contribution in [2.24, 2.45) is 0 Å². The lowest BCUT2D eigenvalue weighted by Crippen LogP contribution is -2.42. The predicted octanol–water partition coefficient (Wildman–Crippen LogP) is 1.22. The number of aromatic nitrogens is 1. The standard InChI is InChI=1S/C11H14ClN3O/c12-10-2-1-8(7-14-10)11(16)15-9-3-5-13-6-4-9/h1-2,7,9,13H,3-6H2,(H,15,16). The van der Waals surface area contributed by atoms with Gasteiger partial charge in [0.15, 0.2) is 0 Å². The fourth-order valence-corrected chi connectivity index (χ4v) is 1.86. The zero-order valence-electron chi connectivity index (χ0n) is 8.87. The Morgan fingerprint density at radius 3 is 2.81 bits per heavy atom. The van der Waals surface area contributed by atoms with E-state index in [4.69, 9.17) is 11.6 Å². The minimum absolute atomic E-state index is 0.0731. The van der Waals surface area contributed by atoms with E-state index in [0.717, 1.165) is 25.9 Å². The van der Waals surface area contributed by atoms with Crippen molar-refractivity contribution >= 4 is 17.5 Å². The van der Waals surface area contributed by atoms with Crippen molar-refractivity contribution in [2.75, 3.05) is 13.1 Å². The van der Waals surface area contributed by atoms with Gasteiger partial charge in [0.05, 0.1) is 5.56 Å². The van der Waals surface area contributed by atoms with Crippen molar-refractivity contribution in [3.8, 4) is 0 Å². The summed E-state index contributed by atoms with van der Waals surface area (Å²) in [7, 11) is 0. The van der Waals surface area contributed by atoms with Crippen LogP contribution in [0.1, 0.15) is 23.2 Å². The van der Waals surface area contributed by atoms with Gasteiger partial charge in [-0.2, -0.15) is 0 Å². The number of rotatable bonds is 2. The summed E-state index contributed by atoms with van der Waals surface area (Å²) in [5.41, 5.74) is 0.558. The van der Waals surface area contributed by atoms with E-state index in [0.29, 0.717) is 10.7 Å². The first kappa shape index (κ1) is 11.4. The van der Waals surface area contributed by atoms with Gasteiger partial charge in [0.1, 0.15) is 5.15 Å². The molecule has 1 aliphatic heterocycles. The lowest BCUT2D eigenvalue weighted by Gasteiger charge is -2.23. The van der Waals surface area contributed by atoms with Gasteiger partial charge in [-0.05, 0) is 38.1 Å². The highest BCUT2D eigenvalue weighted by Gasteiger charge is 2.16. The molecule has 2 heterocycles. The number of hydrogen-bond acceptors (Lipinski definition) is 3. The molecule has 86 valence electrons. The summed E-state index contributed by atoms with van der Waals surface area (Å²) in [5, 5.41) is 6.65. The molecule has 0 aliphatic carbocycles. The van der Waals surface area contributed by atoms with E-state index in [9.17, 15) is 4.79 Å². The van der Waals surface area contributed by atoms with Crippen LogP contribution in [0.15, 0.2) is 18.3 Å². The van der Waals surface area contributed by atoms with Crippen LogP contribution in [0.3, 0.4) is 0 Å². The van der Waals surface area contributed by atoms with Crippen molar-refractivity contribution in [1.29, 1.82) is 0 Å². The van der Waals surface area contributed by atoms with Crippen molar-refractivity contribution in [3.63, 3.8) is 0 Å². The molecule has 0 saturated carbocycles. The van der Waals surface area contributed by atoms with E-state index in [1.807, 2.05) is 0 Å². The molecule has 1 aliphatic rings. The topological polar surface area (TPSA) is 54.0 Å². The molecule has 1 aromatic heterocycles. The Morgan fingerprint density at radius 1 is 1.44 bits per heavy atom. The molecule has 1 saturated heterocycles. The molecule has 1 aromatic rings. The number of piperidine rings is 1. The number of carbonyl (C=O) groups is 1. The van der Waals surface area contributed by atoms with Crippen LogP contribution in [-0.4, -0.2) is 30.0 Å². The molecule has 2 rings (SSSR count). The second-order valence-electron chi connectivity index (χ2n) is 3.87. The summed E-state index contributed by atoms with van der Waals surface area (Å²) < 4.78 is 0. The van der Waals surface area contributed by atoms with E-state index in [2.05, 4.69) is 15.6 Å². The second-order valence-corrected chi connectivity index (χ2v) is 4.25. The van der Waals surface area contributed by atoms with Gasteiger partial charge in [-0.15, -0.1) is 0 Å². The molecule has 1 amide bonds. The number of amides is 1. The van der Waals surface area contributed by atoms with Gasteiger partial charge < -0.3 is 10.6 Å². The summed E-state index contributed by atoms with van der Waals surface area (Å²) in [5.74, 6) is -0.0731. The zero-order chi connectivity index (χ0) is 11.4. The third-order valence-corrected chi connectivity index (χ3v) is 2.89. The third kappa shape index (κ3) is 2.93. The highest BCUT2D eigenvalue weighted by Crippen LogP contribution is 2.07. The lowest BCUT2D eigenvalue weighted by molar-refractivity contribution is 0.0929. The normalized spacial score (nSPS) is 17.1. The molecule has 5 heteroatoms. The highest BCUT2D eigenvalue weighted by atomic mass is 35.5. The maximum absolute atomic E-state index is 11.8. The molecular formula is C11H14ClN3O. The number of nitrogens with one attached hydrogen (secondary N) is 2. The van der Waals surface area contributed by atoms with E-state index in [1.54, 1.807) is 12.1 Å². The first-order chi connectivity index (χ1) is 7.75. The number of hydrogen-bond donors (Lipinski definition) is 2. The maximum Gasteiger partial charge on any atom is 0.253 e. The molecule has 2 N–H and O–H groups in total. The molecule has 0 bridgehead atoms.